The number of amides is 1. The first-order valence-corrected chi connectivity index (χ1v) is 6.23. The van der Waals surface area contributed by atoms with Crippen LogP contribution in [0.15, 0.2) is 18.2 Å². The van der Waals surface area contributed by atoms with Gasteiger partial charge in [0.25, 0.3) is 6.47 Å². The van der Waals surface area contributed by atoms with E-state index in [9.17, 15) is 4.79 Å². The number of rotatable bonds is 2. The summed E-state index contributed by atoms with van der Waals surface area (Å²) in [5.41, 5.74) is 2.55. The molecule has 1 saturated heterocycles. The van der Waals surface area contributed by atoms with Crippen molar-refractivity contribution in [2.45, 2.75) is 18.8 Å². The minimum absolute atomic E-state index is 0.164. The number of benzene rings is 1. The summed E-state index contributed by atoms with van der Waals surface area (Å²) in [4.78, 5) is 20.1. The fraction of sp³-hybridized carbons (Fsp3) is 0.429. The Labute approximate surface area is 111 Å². The van der Waals surface area contributed by atoms with E-state index in [-0.39, 0.29) is 5.91 Å². The Morgan fingerprint density at radius 3 is 2.89 bits per heavy atom. The van der Waals surface area contributed by atoms with Crippen LogP contribution in [0.3, 0.4) is 0 Å². The Morgan fingerprint density at radius 2 is 2.26 bits per heavy atom. The Bertz CT molecular complexity index is 473. The Morgan fingerprint density at radius 1 is 1.47 bits per heavy atom. The highest BCUT2D eigenvalue weighted by Crippen LogP contribution is 2.30. The molecule has 0 spiro atoms. The fourth-order valence-electron chi connectivity index (χ4n) is 2.30. The van der Waals surface area contributed by atoms with E-state index in [0.29, 0.717) is 18.8 Å². The SMILES string of the molecule is COC=O.O=C1C[C@H](c2ccc3c(c2)CCO3)CN1. The van der Waals surface area contributed by atoms with Crippen LogP contribution in [0, 0.1) is 0 Å². The molecule has 1 fully saturated rings. The van der Waals surface area contributed by atoms with Crippen LogP contribution in [-0.2, 0) is 20.7 Å². The van der Waals surface area contributed by atoms with E-state index < -0.39 is 0 Å². The molecule has 1 N–H and O–H groups in total. The van der Waals surface area contributed by atoms with Gasteiger partial charge in [-0.05, 0) is 17.2 Å². The number of carbonyl (C=O) groups excluding carboxylic acids is 2. The summed E-state index contributed by atoms with van der Waals surface area (Å²) in [6.07, 6.45) is 1.62. The van der Waals surface area contributed by atoms with E-state index in [1.165, 1.54) is 18.2 Å². The van der Waals surface area contributed by atoms with E-state index in [2.05, 4.69) is 22.2 Å². The lowest BCUT2D eigenvalue weighted by molar-refractivity contribution is -0.126. The average Bonchev–Trinajstić information content (AvgIpc) is 3.06. The van der Waals surface area contributed by atoms with Gasteiger partial charge in [0.1, 0.15) is 5.75 Å². The first kappa shape index (κ1) is 13.4. The second-order valence-corrected chi connectivity index (χ2v) is 4.50. The van der Waals surface area contributed by atoms with E-state index >= 15 is 0 Å². The first-order valence-electron chi connectivity index (χ1n) is 6.23. The van der Waals surface area contributed by atoms with Gasteiger partial charge in [0, 0.05) is 25.3 Å². The van der Waals surface area contributed by atoms with Crippen molar-refractivity contribution in [1.82, 2.24) is 5.32 Å². The molecule has 19 heavy (non-hydrogen) atoms. The smallest absolute Gasteiger partial charge is 0.292 e. The number of methoxy groups -OCH3 is 1. The molecule has 0 bridgehead atoms. The van der Waals surface area contributed by atoms with E-state index in [4.69, 9.17) is 9.53 Å². The molecule has 2 aliphatic rings. The molecule has 5 heteroatoms. The van der Waals surface area contributed by atoms with Crippen LogP contribution in [0.2, 0.25) is 0 Å². The number of fused-ring (bicyclic) bond motifs is 1. The maximum Gasteiger partial charge on any atom is 0.292 e. The molecular formula is C14H17NO4. The number of ether oxygens (including phenoxy) is 2. The normalized spacial score (nSPS) is 19.6. The van der Waals surface area contributed by atoms with Crippen molar-refractivity contribution in [1.29, 1.82) is 0 Å². The lowest BCUT2D eigenvalue weighted by Gasteiger charge is -2.08. The summed E-state index contributed by atoms with van der Waals surface area (Å²) in [6.45, 7) is 1.94. The minimum atomic E-state index is 0.164. The maximum absolute atomic E-state index is 11.1. The quantitative estimate of drug-likeness (QED) is 0.809. The summed E-state index contributed by atoms with van der Waals surface area (Å²) in [6, 6.07) is 6.29. The lowest BCUT2D eigenvalue weighted by Crippen LogP contribution is -2.13. The molecule has 0 radical (unpaired) electrons. The Hall–Kier alpha value is -2.04. The van der Waals surface area contributed by atoms with Crippen molar-refractivity contribution in [3.63, 3.8) is 0 Å². The number of carbonyl (C=O) groups is 2. The van der Waals surface area contributed by atoms with Gasteiger partial charge in [-0.25, -0.2) is 0 Å². The van der Waals surface area contributed by atoms with Crippen molar-refractivity contribution in [3.8, 4) is 5.75 Å². The summed E-state index contributed by atoms with van der Waals surface area (Å²) >= 11 is 0. The lowest BCUT2D eigenvalue weighted by atomic mass is 9.96. The second kappa shape index (κ2) is 6.22. The van der Waals surface area contributed by atoms with E-state index in [1.807, 2.05) is 6.07 Å². The third kappa shape index (κ3) is 3.24. The van der Waals surface area contributed by atoms with E-state index in [0.717, 1.165) is 25.3 Å². The van der Waals surface area contributed by atoms with Crippen molar-refractivity contribution in [2.24, 2.45) is 0 Å². The minimum Gasteiger partial charge on any atom is -0.493 e. The van der Waals surface area contributed by atoms with Crippen LogP contribution in [0.1, 0.15) is 23.5 Å². The summed E-state index contributed by atoms with van der Waals surface area (Å²) in [5, 5.41) is 2.87. The number of hydrogen-bond acceptors (Lipinski definition) is 4. The molecule has 2 heterocycles. The van der Waals surface area contributed by atoms with E-state index in [1.54, 1.807) is 0 Å². The van der Waals surface area contributed by atoms with Crippen LogP contribution < -0.4 is 10.1 Å². The predicted octanol–water partition coefficient (Wildman–Crippen LogP) is 1.01. The second-order valence-electron chi connectivity index (χ2n) is 4.50. The zero-order valence-electron chi connectivity index (χ0n) is 10.8. The highest BCUT2D eigenvalue weighted by molar-refractivity contribution is 5.79. The predicted molar refractivity (Wildman–Crippen MR) is 69.1 cm³/mol. The van der Waals surface area contributed by atoms with Crippen LogP contribution in [0.5, 0.6) is 5.75 Å². The molecule has 1 aromatic rings. The molecular weight excluding hydrogens is 246 g/mol. The zero-order valence-corrected chi connectivity index (χ0v) is 10.8. The number of nitrogens with one attached hydrogen (secondary N) is 1. The fourth-order valence-corrected chi connectivity index (χ4v) is 2.30. The highest BCUT2D eigenvalue weighted by atomic mass is 16.5. The summed E-state index contributed by atoms with van der Waals surface area (Å²) in [7, 11) is 1.31. The van der Waals surface area contributed by atoms with Crippen molar-refractivity contribution in [3.05, 3.63) is 29.3 Å². The van der Waals surface area contributed by atoms with Gasteiger partial charge in [-0.1, -0.05) is 12.1 Å². The van der Waals surface area contributed by atoms with Gasteiger partial charge >= 0.3 is 0 Å². The van der Waals surface area contributed by atoms with Gasteiger partial charge in [0.2, 0.25) is 5.91 Å². The molecule has 0 unspecified atom stereocenters. The van der Waals surface area contributed by atoms with Gasteiger partial charge in [-0.2, -0.15) is 0 Å². The third-order valence-electron chi connectivity index (χ3n) is 3.26. The molecule has 0 aromatic heterocycles. The monoisotopic (exact) mass is 263 g/mol. The van der Waals surface area contributed by atoms with Gasteiger partial charge in [0.05, 0.1) is 13.7 Å². The van der Waals surface area contributed by atoms with Crippen LogP contribution in [-0.4, -0.2) is 32.6 Å². The topological polar surface area (TPSA) is 64.6 Å². The van der Waals surface area contributed by atoms with Crippen LogP contribution in [0.4, 0.5) is 0 Å². The first-order chi connectivity index (χ1) is 9.24. The molecule has 5 nitrogen and oxygen atoms in total. The molecule has 102 valence electrons. The molecule has 1 atom stereocenters. The van der Waals surface area contributed by atoms with Crippen LogP contribution >= 0.6 is 0 Å². The summed E-state index contributed by atoms with van der Waals surface area (Å²) in [5.74, 6) is 1.52. The largest absolute Gasteiger partial charge is 0.493 e. The average molecular weight is 263 g/mol. The number of hydrogen-bond donors (Lipinski definition) is 1. The van der Waals surface area contributed by atoms with Crippen molar-refractivity contribution in [2.75, 3.05) is 20.3 Å². The molecule has 0 saturated carbocycles. The molecule has 0 aliphatic carbocycles. The van der Waals surface area contributed by atoms with Gasteiger partial charge in [0.15, 0.2) is 0 Å². The Balaban J connectivity index is 0.000000297. The third-order valence-corrected chi connectivity index (χ3v) is 3.26. The van der Waals surface area contributed by atoms with Crippen LogP contribution in [0.25, 0.3) is 0 Å². The highest BCUT2D eigenvalue weighted by Gasteiger charge is 2.24. The maximum atomic E-state index is 11.1. The Kier molecular flexibility index (Phi) is 4.39. The van der Waals surface area contributed by atoms with Crippen molar-refractivity contribution < 1.29 is 19.1 Å². The standard InChI is InChI=1S/C12H13NO2.C2H4O2/c14-12-6-10(7-13-12)8-1-2-11-9(5-8)3-4-15-11;1-4-2-3/h1-2,5,10H,3-4,6-7H2,(H,13,14);2H,1H3/t10-;/m0./s1. The summed E-state index contributed by atoms with van der Waals surface area (Å²) < 4.78 is 9.32. The van der Waals surface area contributed by atoms with Gasteiger partial charge < -0.3 is 14.8 Å². The molecule has 3 rings (SSSR count). The van der Waals surface area contributed by atoms with Gasteiger partial charge in [-0.3, -0.25) is 9.59 Å². The van der Waals surface area contributed by atoms with Gasteiger partial charge in [-0.15, -0.1) is 0 Å². The zero-order chi connectivity index (χ0) is 13.7. The molecule has 1 aromatic carbocycles. The molecule has 2 aliphatic heterocycles. The van der Waals surface area contributed by atoms with Crippen molar-refractivity contribution >= 4 is 12.4 Å². The molecule has 1 amide bonds.